The van der Waals surface area contributed by atoms with Gasteiger partial charge in [-0.25, -0.2) is 4.98 Å². The van der Waals surface area contributed by atoms with Gasteiger partial charge in [-0.2, -0.15) is 0 Å². The molecule has 4 rings (SSSR count). The second-order valence-corrected chi connectivity index (χ2v) is 7.68. The van der Waals surface area contributed by atoms with Crippen molar-refractivity contribution in [2.24, 2.45) is 0 Å². The Bertz CT molecular complexity index is 1150. The Kier molecular flexibility index (Phi) is 5.74. The molecule has 0 aliphatic rings. The van der Waals surface area contributed by atoms with Crippen molar-refractivity contribution in [1.29, 1.82) is 0 Å². The van der Waals surface area contributed by atoms with E-state index in [0.717, 1.165) is 40.8 Å². The quantitative estimate of drug-likeness (QED) is 0.456. The molecule has 2 aromatic carbocycles. The lowest BCUT2D eigenvalue weighted by Crippen LogP contribution is -2.24. The summed E-state index contributed by atoms with van der Waals surface area (Å²) in [6, 6.07) is 19.7. The minimum atomic E-state index is -0.0365. The molecule has 0 bridgehead atoms. The number of aromatic nitrogens is 2. The van der Waals surface area contributed by atoms with Gasteiger partial charge in [0.2, 0.25) is 0 Å². The minimum Gasteiger partial charge on any atom is -0.497 e. The number of hydrogen-bond acceptors (Lipinski definition) is 5. The maximum atomic E-state index is 12.9. The fourth-order valence-electron chi connectivity index (χ4n) is 3.35. The van der Waals surface area contributed by atoms with Crippen molar-refractivity contribution < 1.29 is 4.74 Å². The molecule has 0 aliphatic heterocycles. The zero-order chi connectivity index (χ0) is 20.2. The van der Waals surface area contributed by atoms with E-state index in [9.17, 15) is 4.79 Å². The zero-order valence-corrected chi connectivity index (χ0v) is 17.4. The van der Waals surface area contributed by atoms with Gasteiger partial charge in [-0.3, -0.25) is 14.1 Å². The Balaban J connectivity index is 1.58. The van der Waals surface area contributed by atoms with Crippen LogP contribution in [0.1, 0.15) is 18.2 Å². The number of rotatable bonds is 7. The van der Waals surface area contributed by atoms with Crippen LogP contribution in [0, 0.1) is 0 Å². The van der Waals surface area contributed by atoms with Gasteiger partial charge < -0.3 is 4.74 Å². The highest BCUT2D eigenvalue weighted by Crippen LogP contribution is 2.24. The standard InChI is InChI=1S/C23H23N3O2S/c1-3-25(14-17-9-11-20(28-2)12-10-17)15-19-13-22(27)26-21(16-29-23(26)24-19)18-7-5-4-6-8-18/h4-13,16H,3,14-15H2,1-2H3. The van der Waals surface area contributed by atoms with Crippen LogP contribution in [-0.4, -0.2) is 27.9 Å². The highest BCUT2D eigenvalue weighted by atomic mass is 32.1. The van der Waals surface area contributed by atoms with Gasteiger partial charge in [-0.05, 0) is 29.8 Å². The molecule has 2 heterocycles. The van der Waals surface area contributed by atoms with E-state index in [0.29, 0.717) is 6.54 Å². The van der Waals surface area contributed by atoms with E-state index in [2.05, 4.69) is 24.0 Å². The van der Waals surface area contributed by atoms with Gasteiger partial charge in [0.25, 0.3) is 5.56 Å². The summed E-state index contributed by atoms with van der Waals surface area (Å²) in [6.45, 7) is 4.41. The predicted octanol–water partition coefficient (Wildman–Crippen LogP) is 4.45. The Morgan fingerprint density at radius 2 is 1.83 bits per heavy atom. The maximum Gasteiger partial charge on any atom is 0.259 e. The van der Waals surface area contributed by atoms with Gasteiger partial charge in [-0.15, -0.1) is 11.3 Å². The number of nitrogens with zero attached hydrogens (tertiary/aromatic N) is 3. The monoisotopic (exact) mass is 405 g/mol. The van der Waals surface area contributed by atoms with E-state index in [1.807, 2.05) is 47.8 Å². The molecule has 29 heavy (non-hydrogen) atoms. The smallest absolute Gasteiger partial charge is 0.259 e. The molecule has 0 amide bonds. The molecule has 0 spiro atoms. The fraction of sp³-hybridized carbons (Fsp3) is 0.217. The summed E-state index contributed by atoms with van der Waals surface area (Å²) in [5.74, 6) is 0.851. The van der Waals surface area contributed by atoms with Crippen LogP contribution in [0.15, 0.2) is 70.8 Å². The molecule has 6 heteroatoms. The van der Waals surface area contributed by atoms with Gasteiger partial charge in [0, 0.05) is 24.5 Å². The molecule has 0 N–H and O–H groups in total. The van der Waals surface area contributed by atoms with Crippen LogP contribution >= 0.6 is 11.3 Å². The number of ether oxygens (including phenoxy) is 1. The van der Waals surface area contributed by atoms with Crippen LogP contribution in [0.25, 0.3) is 16.2 Å². The van der Waals surface area contributed by atoms with E-state index < -0.39 is 0 Å². The van der Waals surface area contributed by atoms with Crippen molar-refractivity contribution >= 4 is 16.3 Å². The number of benzene rings is 2. The van der Waals surface area contributed by atoms with E-state index in [1.54, 1.807) is 17.6 Å². The minimum absolute atomic E-state index is 0.0365. The van der Waals surface area contributed by atoms with Gasteiger partial charge >= 0.3 is 0 Å². The summed E-state index contributed by atoms with van der Waals surface area (Å²) in [7, 11) is 1.67. The molecule has 2 aromatic heterocycles. The third-order valence-electron chi connectivity index (χ3n) is 4.93. The van der Waals surface area contributed by atoms with Crippen LogP contribution in [0.3, 0.4) is 0 Å². The van der Waals surface area contributed by atoms with Crippen molar-refractivity contribution in [3.8, 4) is 17.0 Å². The number of thiazole rings is 1. The first kappa shape index (κ1) is 19.4. The molecule has 0 aliphatic carbocycles. The van der Waals surface area contributed by atoms with E-state index in [1.165, 1.54) is 16.9 Å². The van der Waals surface area contributed by atoms with E-state index in [-0.39, 0.29) is 5.56 Å². The molecule has 0 saturated carbocycles. The summed E-state index contributed by atoms with van der Waals surface area (Å²) in [5.41, 5.74) is 3.87. The van der Waals surface area contributed by atoms with Gasteiger partial charge in [0.1, 0.15) is 5.75 Å². The molecule has 0 saturated heterocycles. The maximum absolute atomic E-state index is 12.9. The molecule has 0 fully saturated rings. The molecule has 5 nitrogen and oxygen atoms in total. The average molecular weight is 406 g/mol. The first-order valence-electron chi connectivity index (χ1n) is 9.59. The second-order valence-electron chi connectivity index (χ2n) is 6.84. The van der Waals surface area contributed by atoms with Crippen molar-refractivity contribution in [1.82, 2.24) is 14.3 Å². The number of hydrogen-bond donors (Lipinski definition) is 0. The van der Waals surface area contributed by atoms with Crippen molar-refractivity contribution in [3.63, 3.8) is 0 Å². The first-order valence-corrected chi connectivity index (χ1v) is 10.5. The zero-order valence-electron chi connectivity index (χ0n) is 16.5. The third kappa shape index (κ3) is 4.23. The van der Waals surface area contributed by atoms with E-state index >= 15 is 0 Å². The lowest BCUT2D eigenvalue weighted by Gasteiger charge is -2.20. The predicted molar refractivity (Wildman–Crippen MR) is 118 cm³/mol. The highest BCUT2D eigenvalue weighted by molar-refractivity contribution is 7.15. The summed E-state index contributed by atoms with van der Waals surface area (Å²) in [4.78, 5) is 20.6. The molecule has 148 valence electrons. The molecule has 0 radical (unpaired) electrons. The molecular weight excluding hydrogens is 382 g/mol. The average Bonchev–Trinajstić information content (AvgIpc) is 3.19. The van der Waals surface area contributed by atoms with Crippen molar-refractivity contribution in [2.75, 3.05) is 13.7 Å². The van der Waals surface area contributed by atoms with Crippen LogP contribution in [0.5, 0.6) is 5.75 Å². The lowest BCUT2D eigenvalue weighted by atomic mass is 10.2. The summed E-state index contributed by atoms with van der Waals surface area (Å²) < 4.78 is 6.92. The molecule has 0 unspecified atom stereocenters. The van der Waals surface area contributed by atoms with Crippen LogP contribution < -0.4 is 10.3 Å². The molecule has 0 atom stereocenters. The first-order chi connectivity index (χ1) is 14.2. The lowest BCUT2D eigenvalue weighted by molar-refractivity contribution is 0.268. The van der Waals surface area contributed by atoms with Crippen molar-refractivity contribution in [2.45, 2.75) is 20.0 Å². The Labute approximate surface area is 173 Å². The van der Waals surface area contributed by atoms with Crippen LogP contribution in [0.2, 0.25) is 0 Å². The number of fused-ring (bicyclic) bond motifs is 1. The second kappa shape index (κ2) is 8.59. The highest BCUT2D eigenvalue weighted by Gasteiger charge is 2.13. The summed E-state index contributed by atoms with van der Waals surface area (Å²) >= 11 is 1.50. The number of methoxy groups -OCH3 is 1. The van der Waals surface area contributed by atoms with Crippen molar-refractivity contribution in [3.05, 3.63) is 87.7 Å². The summed E-state index contributed by atoms with van der Waals surface area (Å²) in [6.07, 6.45) is 0. The molecule has 4 aromatic rings. The van der Waals surface area contributed by atoms with Gasteiger partial charge in [0.05, 0.1) is 18.5 Å². The largest absolute Gasteiger partial charge is 0.497 e. The fourth-order valence-corrected chi connectivity index (χ4v) is 4.28. The van der Waals surface area contributed by atoms with E-state index in [4.69, 9.17) is 9.72 Å². The summed E-state index contributed by atoms with van der Waals surface area (Å²) in [5, 5.41) is 2.00. The Hall–Kier alpha value is -2.96. The molecular formula is C23H23N3O2S. The van der Waals surface area contributed by atoms with Crippen LogP contribution in [0.4, 0.5) is 0 Å². The third-order valence-corrected chi connectivity index (χ3v) is 5.75. The Morgan fingerprint density at radius 3 is 2.52 bits per heavy atom. The van der Waals surface area contributed by atoms with Gasteiger partial charge in [0.15, 0.2) is 4.96 Å². The van der Waals surface area contributed by atoms with Crippen LogP contribution in [-0.2, 0) is 13.1 Å². The Morgan fingerprint density at radius 1 is 1.07 bits per heavy atom. The van der Waals surface area contributed by atoms with Gasteiger partial charge in [-0.1, -0.05) is 49.4 Å². The SMILES string of the molecule is CCN(Cc1ccc(OC)cc1)Cc1cc(=O)n2c(-c3ccccc3)csc2n1. The normalized spacial score (nSPS) is 11.3. The topological polar surface area (TPSA) is 46.8 Å².